The van der Waals surface area contributed by atoms with Crippen molar-refractivity contribution in [2.24, 2.45) is 11.8 Å². The molecule has 216 valence electrons. The second kappa shape index (κ2) is 12.2. The Kier molecular flexibility index (Phi) is 8.91. The molecule has 2 saturated heterocycles. The Balaban J connectivity index is 1.27. The van der Waals surface area contributed by atoms with Crippen LogP contribution in [0.1, 0.15) is 32.3 Å². The maximum atomic E-state index is 12.8. The topological polar surface area (TPSA) is 176 Å². The molecule has 2 aliphatic rings. The van der Waals surface area contributed by atoms with E-state index >= 15 is 0 Å². The van der Waals surface area contributed by atoms with Crippen molar-refractivity contribution in [1.82, 2.24) is 15.2 Å². The fourth-order valence-electron chi connectivity index (χ4n) is 4.61. The van der Waals surface area contributed by atoms with Gasteiger partial charge in [0.25, 0.3) is 0 Å². The van der Waals surface area contributed by atoms with E-state index < -0.39 is 39.6 Å². The summed E-state index contributed by atoms with van der Waals surface area (Å²) in [7, 11) is -4.64. The molecule has 2 atom stereocenters. The highest BCUT2D eigenvalue weighted by atomic mass is 32.2. The minimum Gasteiger partial charge on any atom is -0.493 e. The summed E-state index contributed by atoms with van der Waals surface area (Å²) in [6, 6.07) is 8.86. The molecule has 0 radical (unpaired) electrons. The van der Waals surface area contributed by atoms with Crippen LogP contribution in [0.4, 0.5) is 10.6 Å². The lowest BCUT2D eigenvalue weighted by molar-refractivity contribution is -0.136. The molecule has 2 unspecified atom stereocenters. The van der Waals surface area contributed by atoms with Crippen LogP contribution in [0.3, 0.4) is 0 Å². The SMILES string of the molecule is CC(C)C1NC(S(=O)(=O)O)N(c2ccc(OC(=O)N3CCC(COc4ccc(CC(=O)O)cc4)CC3)cn2)C1=O. The molecule has 2 aliphatic heterocycles. The van der Waals surface area contributed by atoms with Gasteiger partial charge in [-0.15, -0.1) is 0 Å². The first kappa shape index (κ1) is 29.2. The molecule has 0 saturated carbocycles. The molecule has 2 fully saturated rings. The zero-order valence-electron chi connectivity index (χ0n) is 22.1. The predicted octanol–water partition coefficient (Wildman–Crippen LogP) is 2.13. The van der Waals surface area contributed by atoms with Crippen LogP contribution in [0.25, 0.3) is 0 Å². The van der Waals surface area contributed by atoms with Crippen molar-refractivity contribution in [3.8, 4) is 11.5 Å². The van der Waals surface area contributed by atoms with Crippen molar-refractivity contribution in [2.75, 3.05) is 24.6 Å². The van der Waals surface area contributed by atoms with Gasteiger partial charge in [0.1, 0.15) is 11.6 Å². The van der Waals surface area contributed by atoms with Crippen LogP contribution < -0.4 is 19.7 Å². The van der Waals surface area contributed by atoms with Crippen molar-refractivity contribution in [3.05, 3.63) is 48.2 Å². The van der Waals surface area contributed by atoms with Crippen molar-refractivity contribution < 1.29 is 41.9 Å². The number of carboxylic acids is 1. The number of nitrogens with zero attached hydrogens (tertiary/aromatic N) is 3. The number of nitrogens with one attached hydrogen (secondary N) is 1. The zero-order valence-corrected chi connectivity index (χ0v) is 22.9. The average Bonchev–Trinajstić information content (AvgIpc) is 3.26. The van der Waals surface area contributed by atoms with Crippen molar-refractivity contribution >= 4 is 33.9 Å². The summed E-state index contributed by atoms with van der Waals surface area (Å²) in [6.45, 7) is 4.90. The van der Waals surface area contributed by atoms with E-state index in [1.54, 1.807) is 43.0 Å². The largest absolute Gasteiger partial charge is 0.493 e. The average molecular weight is 577 g/mol. The van der Waals surface area contributed by atoms with Crippen LogP contribution in [0.15, 0.2) is 42.6 Å². The van der Waals surface area contributed by atoms with Gasteiger partial charge in [0.2, 0.25) is 11.4 Å². The van der Waals surface area contributed by atoms with Crippen LogP contribution in [0.2, 0.25) is 0 Å². The first-order chi connectivity index (χ1) is 18.9. The highest BCUT2D eigenvalue weighted by molar-refractivity contribution is 7.86. The molecule has 3 N–H and O–H groups in total. The molecule has 0 spiro atoms. The van der Waals surface area contributed by atoms with Crippen LogP contribution in [-0.4, -0.2) is 77.2 Å². The van der Waals surface area contributed by atoms with Crippen LogP contribution in [0.5, 0.6) is 11.5 Å². The highest BCUT2D eigenvalue weighted by Gasteiger charge is 2.47. The number of piperidine rings is 1. The number of anilines is 1. The molecule has 0 aliphatic carbocycles. The van der Waals surface area contributed by atoms with Gasteiger partial charge in [0, 0.05) is 13.1 Å². The number of hydrogen-bond donors (Lipinski definition) is 3. The third-order valence-electron chi connectivity index (χ3n) is 6.82. The second-order valence-corrected chi connectivity index (χ2v) is 11.6. The maximum Gasteiger partial charge on any atom is 0.415 e. The molecule has 14 heteroatoms. The number of carbonyl (C=O) groups is 3. The van der Waals surface area contributed by atoms with E-state index in [-0.39, 0.29) is 29.8 Å². The normalized spacial score (nSPS) is 20.1. The number of hydrogen-bond acceptors (Lipinski definition) is 9. The van der Waals surface area contributed by atoms with E-state index in [0.717, 1.165) is 4.90 Å². The molecule has 1 aromatic carbocycles. The van der Waals surface area contributed by atoms with Gasteiger partial charge in [-0.25, -0.2) is 9.78 Å². The van der Waals surface area contributed by atoms with Crippen molar-refractivity contribution in [2.45, 2.75) is 44.6 Å². The minimum atomic E-state index is -4.64. The van der Waals surface area contributed by atoms with E-state index in [2.05, 4.69) is 10.3 Å². The standard InChI is InChI=1S/C26H32N4O9S/c1-16(2)23-24(33)30(25(28-23)40(35,36)37)21-8-7-20(14-27-21)39-26(34)29-11-9-18(10-12-29)15-38-19-5-3-17(4-6-19)13-22(31)32/h3-8,14,16,18,23,25,28H,9-13,15H2,1-2H3,(H,31,32)(H,35,36,37). The number of carbonyl (C=O) groups excluding carboxylic acids is 2. The molecule has 3 heterocycles. The third-order valence-corrected chi connectivity index (χ3v) is 7.73. The number of aliphatic carboxylic acids is 1. The van der Waals surface area contributed by atoms with Crippen LogP contribution in [0, 0.1) is 11.8 Å². The number of benzene rings is 1. The predicted molar refractivity (Wildman–Crippen MR) is 142 cm³/mol. The number of amides is 2. The molecule has 2 amide bonds. The fraction of sp³-hybridized carbons (Fsp3) is 0.462. The first-order valence-corrected chi connectivity index (χ1v) is 14.3. The van der Waals surface area contributed by atoms with Crippen molar-refractivity contribution in [1.29, 1.82) is 0 Å². The Hall–Kier alpha value is -3.75. The summed E-state index contributed by atoms with van der Waals surface area (Å²) in [6.07, 6.45) is 2.03. The van der Waals surface area contributed by atoms with E-state index in [0.29, 0.717) is 43.9 Å². The lowest BCUT2D eigenvalue weighted by Crippen LogP contribution is -2.44. The number of carboxylic acid groups (broad SMARTS) is 1. The van der Waals surface area contributed by atoms with E-state index in [9.17, 15) is 27.4 Å². The van der Waals surface area contributed by atoms with Gasteiger partial charge in [-0.3, -0.25) is 24.4 Å². The maximum absolute atomic E-state index is 12.8. The number of pyridine rings is 1. The quantitative estimate of drug-likeness (QED) is 0.373. The van der Waals surface area contributed by atoms with Gasteiger partial charge >= 0.3 is 22.2 Å². The van der Waals surface area contributed by atoms with Gasteiger partial charge in [-0.2, -0.15) is 8.42 Å². The molecular formula is C26H32N4O9S. The Morgan fingerprint density at radius 1 is 1.10 bits per heavy atom. The van der Waals surface area contributed by atoms with Crippen molar-refractivity contribution in [3.63, 3.8) is 0 Å². The first-order valence-electron chi connectivity index (χ1n) is 12.8. The highest BCUT2D eigenvalue weighted by Crippen LogP contribution is 2.27. The van der Waals surface area contributed by atoms with Gasteiger partial charge in [-0.05, 0) is 54.5 Å². The van der Waals surface area contributed by atoms with E-state index in [4.69, 9.17) is 14.6 Å². The smallest absolute Gasteiger partial charge is 0.415 e. The Morgan fingerprint density at radius 3 is 2.30 bits per heavy atom. The van der Waals surface area contributed by atoms with E-state index in [1.807, 2.05) is 0 Å². The van der Waals surface area contributed by atoms with Gasteiger partial charge in [0.15, 0.2) is 5.75 Å². The molecule has 2 aromatic rings. The summed E-state index contributed by atoms with van der Waals surface area (Å²) in [5.41, 5.74) is -0.977. The molecule has 0 bridgehead atoms. The van der Waals surface area contributed by atoms with Gasteiger partial charge in [-0.1, -0.05) is 26.0 Å². The number of rotatable bonds is 9. The number of aromatic nitrogens is 1. The van der Waals surface area contributed by atoms with Gasteiger partial charge < -0.3 is 19.5 Å². The summed E-state index contributed by atoms with van der Waals surface area (Å²) in [5.74, 6) is -0.667. The molecular weight excluding hydrogens is 544 g/mol. The van der Waals surface area contributed by atoms with Gasteiger partial charge in [0.05, 0.1) is 25.3 Å². The summed E-state index contributed by atoms with van der Waals surface area (Å²) >= 11 is 0. The zero-order chi connectivity index (χ0) is 29.0. The monoisotopic (exact) mass is 576 g/mol. The van der Waals surface area contributed by atoms with Crippen LogP contribution >= 0.6 is 0 Å². The third kappa shape index (κ3) is 7.06. The molecule has 4 rings (SSSR count). The summed E-state index contributed by atoms with van der Waals surface area (Å²) < 4.78 is 44.6. The number of ether oxygens (including phenoxy) is 2. The van der Waals surface area contributed by atoms with E-state index in [1.165, 1.54) is 18.3 Å². The minimum absolute atomic E-state index is 0.0135. The molecule has 1 aromatic heterocycles. The fourth-order valence-corrected chi connectivity index (χ4v) is 5.41. The molecule has 40 heavy (non-hydrogen) atoms. The van der Waals surface area contributed by atoms with Crippen LogP contribution in [-0.2, 0) is 26.1 Å². The summed E-state index contributed by atoms with van der Waals surface area (Å²) in [5, 5.41) is 11.5. The Morgan fingerprint density at radius 2 is 1.75 bits per heavy atom. The number of likely N-dealkylation sites (tertiary alicyclic amines) is 1. The second-order valence-electron chi connectivity index (χ2n) is 10.1. The lowest BCUT2D eigenvalue weighted by Gasteiger charge is -2.31. The Labute approximate surface area is 231 Å². The Bertz CT molecular complexity index is 1320. The summed E-state index contributed by atoms with van der Waals surface area (Å²) in [4.78, 5) is 42.8. The lowest BCUT2D eigenvalue weighted by atomic mass is 9.98. The molecule has 13 nitrogen and oxygen atoms in total.